The normalized spacial score (nSPS) is 11.8. The highest BCUT2D eigenvalue weighted by atomic mass is 35.5. The van der Waals surface area contributed by atoms with Crippen molar-refractivity contribution < 1.29 is 17.9 Å². The summed E-state index contributed by atoms with van der Waals surface area (Å²) in [7, 11) is -2.75. The van der Waals surface area contributed by atoms with Crippen molar-refractivity contribution in [3.8, 4) is 0 Å². The first-order valence-electron chi connectivity index (χ1n) is 6.18. The number of rotatable bonds is 5. The molecular weight excluding hydrogens is 337 g/mol. The summed E-state index contributed by atoms with van der Waals surface area (Å²) in [5, 5.41) is 0.421. The van der Waals surface area contributed by atoms with Gasteiger partial charge in [0.25, 0.3) is 0 Å². The number of halogens is 2. The zero-order valence-electron chi connectivity index (χ0n) is 12.2. The highest BCUT2D eigenvalue weighted by Gasteiger charge is 2.30. The van der Waals surface area contributed by atoms with Gasteiger partial charge in [0.1, 0.15) is 11.4 Å². The second-order valence-corrected chi connectivity index (χ2v) is 7.11. The molecule has 0 saturated heterocycles. The van der Waals surface area contributed by atoms with Gasteiger partial charge in [-0.3, -0.25) is 4.79 Å². The summed E-state index contributed by atoms with van der Waals surface area (Å²) >= 11 is 12.2. The molecule has 0 aromatic heterocycles. The van der Waals surface area contributed by atoms with Crippen LogP contribution in [-0.2, 0) is 19.6 Å². The Morgan fingerprint density at radius 2 is 1.90 bits per heavy atom. The van der Waals surface area contributed by atoms with E-state index in [-0.39, 0.29) is 23.0 Å². The Hall–Kier alpha value is -0.820. The quantitative estimate of drug-likeness (QED) is 0.763. The van der Waals surface area contributed by atoms with Crippen molar-refractivity contribution >= 4 is 39.2 Å². The first-order chi connectivity index (χ1) is 9.66. The van der Waals surface area contributed by atoms with E-state index in [1.165, 1.54) is 7.11 Å². The maximum atomic E-state index is 12.7. The number of benzene rings is 1. The lowest BCUT2D eigenvalue weighted by molar-refractivity contribution is -0.140. The number of sulfonamides is 1. The van der Waals surface area contributed by atoms with Crippen molar-refractivity contribution in [2.45, 2.75) is 25.7 Å². The predicted octanol–water partition coefficient (Wildman–Crippen LogP) is 2.79. The third kappa shape index (κ3) is 3.69. The molecule has 8 heteroatoms. The lowest BCUT2D eigenvalue weighted by atomic mass is 10.2. The molecule has 1 rings (SSSR count). The molecule has 0 bridgehead atoms. The minimum absolute atomic E-state index is 0.0695. The zero-order chi connectivity index (χ0) is 16.4. The molecule has 0 aliphatic heterocycles. The molecule has 0 radical (unpaired) electrons. The average molecular weight is 354 g/mol. The van der Waals surface area contributed by atoms with Crippen LogP contribution >= 0.6 is 23.2 Å². The number of hydrogen-bond donors (Lipinski definition) is 0. The minimum atomic E-state index is -3.95. The van der Waals surface area contributed by atoms with Crippen LogP contribution in [-0.4, -0.2) is 38.9 Å². The fourth-order valence-corrected chi connectivity index (χ4v) is 4.39. The third-order valence-corrected chi connectivity index (χ3v) is 6.16. The molecule has 0 unspecified atom stereocenters. The monoisotopic (exact) mass is 353 g/mol. The van der Waals surface area contributed by atoms with Gasteiger partial charge in [-0.25, -0.2) is 8.42 Å². The molecule has 0 atom stereocenters. The van der Waals surface area contributed by atoms with Crippen molar-refractivity contribution in [3.05, 3.63) is 27.2 Å². The molecule has 0 aliphatic rings. The van der Waals surface area contributed by atoms with Crippen molar-refractivity contribution in [2.24, 2.45) is 0 Å². The standard InChI is InChI=1S/C13H17Cl2NO4S/c1-5-16(7-11(17)20-4)21(18,19)13-9(3)10(14)6-8(2)12(13)15/h6H,5,7H2,1-4H3. The predicted molar refractivity (Wildman–Crippen MR) is 82.4 cm³/mol. The number of carbonyl (C=O) groups is 1. The SMILES string of the molecule is CCN(CC(=O)OC)S(=O)(=O)c1c(C)c(Cl)cc(C)c1Cl. The van der Waals surface area contributed by atoms with Crippen molar-refractivity contribution in [3.63, 3.8) is 0 Å². The summed E-state index contributed by atoms with van der Waals surface area (Å²) < 4.78 is 31.0. The van der Waals surface area contributed by atoms with Gasteiger partial charge >= 0.3 is 5.97 Å². The van der Waals surface area contributed by atoms with Crippen LogP contribution in [0.3, 0.4) is 0 Å². The molecule has 0 amide bonds. The second kappa shape index (κ2) is 6.96. The molecule has 0 N–H and O–H groups in total. The van der Waals surface area contributed by atoms with E-state index >= 15 is 0 Å². The van der Waals surface area contributed by atoms with E-state index in [4.69, 9.17) is 23.2 Å². The molecule has 5 nitrogen and oxygen atoms in total. The number of nitrogens with zero attached hydrogens (tertiary/aromatic N) is 1. The van der Waals surface area contributed by atoms with Crippen LogP contribution in [0.4, 0.5) is 0 Å². The Bertz CT molecular complexity index is 632. The molecule has 1 aromatic rings. The van der Waals surface area contributed by atoms with Crippen LogP contribution in [0, 0.1) is 13.8 Å². The van der Waals surface area contributed by atoms with Crippen LogP contribution in [0.25, 0.3) is 0 Å². The van der Waals surface area contributed by atoms with Crippen molar-refractivity contribution in [2.75, 3.05) is 20.2 Å². The number of methoxy groups -OCH3 is 1. The van der Waals surface area contributed by atoms with E-state index in [1.807, 2.05) is 0 Å². The molecule has 0 fully saturated rings. The Kier molecular flexibility index (Phi) is 6.04. The van der Waals surface area contributed by atoms with E-state index < -0.39 is 16.0 Å². The number of esters is 1. The smallest absolute Gasteiger partial charge is 0.321 e. The van der Waals surface area contributed by atoms with Crippen LogP contribution in [0.5, 0.6) is 0 Å². The molecule has 21 heavy (non-hydrogen) atoms. The van der Waals surface area contributed by atoms with E-state index in [0.717, 1.165) is 4.31 Å². The maximum absolute atomic E-state index is 12.7. The highest BCUT2D eigenvalue weighted by molar-refractivity contribution is 7.89. The molecule has 0 spiro atoms. The topological polar surface area (TPSA) is 63.7 Å². The molecular formula is C13H17Cl2NO4S. The number of ether oxygens (including phenoxy) is 1. The lowest BCUT2D eigenvalue weighted by Crippen LogP contribution is -2.36. The molecule has 0 saturated carbocycles. The van der Waals surface area contributed by atoms with Gasteiger partial charge in [-0.2, -0.15) is 4.31 Å². The first kappa shape index (κ1) is 18.2. The summed E-state index contributed by atoms with van der Waals surface area (Å²) in [6.45, 7) is 4.60. The second-order valence-electron chi connectivity index (χ2n) is 4.45. The Morgan fingerprint density at radius 3 is 2.38 bits per heavy atom. The van der Waals surface area contributed by atoms with E-state index in [9.17, 15) is 13.2 Å². The van der Waals surface area contributed by atoms with E-state index in [0.29, 0.717) is 16.1 Å². The van der Waals surface area contributed by atoms with Crippen molar-refractivity contribution in [1.29, 1.82) is 0 Å². The zero-order valence-corrected chi connectivity index (χ0v) is 14.6. The number of aryl methyl sites for hydroxylation is 1. The van der Waals surface area contributed by atoms with E-state index in [1.54, 1.807) is 26.8 Å². The van der Waals surface area contributed by atoms with Gasteiger partial charge in [0.2, 0.25) is 10.0 Å². The Labute approximate surface area is 134 Å². The van der Waals surface area contributed by atoms with Crippen LogP contribution < -0.4 is 0 Å². The lowest BCUT2D eigenvalue weighted by Gasteiger charge is -2.22. The van der Waals surface area contributed by atoms with E-state index in [2.05, 4.69) is 4.74 Å². The Morgan fingerprint density at radius 1 is 1.33 bits per heavy atom. The summed E-state index contributed by atoms with van der Waals surface area (Å²) in [5.74, 6) is -0.645. The average Bonchev–Trinajstić information content (AvgIpc) is 2.42. The fraction of sp³-hybridized carbons (Fsp3) is 0.462. The van der Waals surface area contributed by atoms with Gasteiger partial charge in [-0.05, 0) is 31.0 Å². The molecule has 0 aliphatic carbocycles. The minimum Gasteiger partial charge on any atom is -0.468 e. The summed E-state index contributed by atoms with van der Waals surface area (Å²) in [5.41, 5.74) is 0.913. The first-order valence-corrected chi connectivity index (χ1v) is 8.38. The maximum Gasteiger partial charge on any atom is 0.321 e. The fourth-order valence-electron chi connectivity index (χ4n) is 1.82. The van der Waals surface area contributed by atoms with Crippen LogP contribution in [0.1, 0.15) is 18.1 Å². The molecule has 1 aromatic carbocycles. The summed E-state index contributed by atoms with van der Waals surface area (Å²) in [6.07, 6.45) is 0. The van der Waals surface area contributed by atoms with Gasteiger partial charge in [0, 0.05) is 11.6 Å². The third-order valence-electron chi connectivity index (χ3n) is 3.07. The summed E-state index contributed by atoms with van der Waals surface area (Å²) in [4.78, 5) is 11.3. The number of carbonyl (C=O) groups excluding carboxylic acids is 1. The summed E-state index contributed by atoms with van der Waals surface area (Å²) in [6, 6.07) is 1.61. The molecule has 118 valence electrons. The number of likely N-dealkylation sites (N-methyl/N-ethyl adjacent to an activating group) is 1. The van der Waals surface area contributed by atoms with Gasteiger partial charge in [0.15, 0.2) is 0 Å². The Balaban J connectivity index is 3.46. The largest absolute Gasteiger partial charge is 0.468 e. The van der Waals surface area contributed by atoms with Gasteiger partial charge in [-0.15, -0.1) is 0 Å². The van der Waals surface area contributed by atoms with Gasteiger partial charge < -0.3 is 4.74 Å². The highest BCUT2D eigenvalue weighted by Crippen LogP contribution is 2.35. The van der Waals surface area contributed by atoms with Crippen molar-refractivity contribution in [1.82, 2.24) is 4.31 Å². The van der Waals surface area contributed by atoms with Gasteiger partial charge in [-0.1, -0.05) is 30.1 Å². The van der Waals surface area contributed by atoms with Gasteiger partial charge in [0.05, 0.1) is 12.1 Å². The molecule has 0 heterocycles. The van der Waals surface area contributed by atoms with Crippen LogP contribution in [0.15, 0.2) is 11.0 Å². The number of hydrogen-bond acceptors (Lipinski definition) is 4. The van der Waals surface area contributed by atoms with Crippen LogP contribution in [0.2, 0.25) is 10.0 Å².